The number of nitrogens with zero attached hydrogens (tertiary/aromatic N) is 2. The first kappa shape index (κ1) is 26.7. The van der Waals surface area contributed by atoms with Crippen LogP contribution in [0.4, 0.5) is 42.0 Å². The Morgan fingerprint density at radius 2 is 1.67 bits per heavy atom. The van der Waals surface area contributed by atoms with Crippen LogP contribution in [0.1, 0.15) is 40.9 Å². The number of ketones is 1. The number of rotatable bonds is 8. The van der Waals surface area contributed by atoms with E-state index in [4.69, 9.17) is 0 Å². The van der Waals surface area contributed by atoms with Crippen molar-refractivity contribution in [2.24, 2.45) is 0 Å². The molecule has 0 saturated carbocycles. The third-order valence-electron chi connectivity index (χ3n) is 5.12. The van der Waals surface area contributed by atoms with Crippen LogP contribution in [-0.2, 0) is 16.2 Å². The van der Waals surface area contributed by atoms with Gasteiger partial charge in [-0.15, -0.1) is 0 Å². The van der Waals surface area contributed by atoms with Crippen LogP contribution in [-0.4, -0.2) is 24.2 Å². The Morgan fingerprint density at radius 1 is 0.972 bits per heavy atom. The van der Waals surface area contributed by atoms with Gasteiger partial charge >= 0.3 is 6.18 Å². The van der Waals surface area contributed by atoms with E-state index >= 15 is 0 Å². The Balaban J connectivity index is 2.06. The zero-order chi connectivity index (χ0) is 26.8. The van der Waals surface area contributed by atoms with Crippen molar-refractivity contribution in [1.82, 2.24) is 9.97 Å². The summed E-state index contributed by atoms with van der Waals surface area (Å²) in [6, 6.07) is 9.37. The van der Waals surface area contributed by atoms with Crippen LogP contribution in [0, 0.1) is 13.8 Å². The lowest BCUT2D eigenvalue weighted by molar-refractivity contribution is -0.137. The van der Waals surface area contributed by atoms with E-state index in [1.165, 1.54) is 26.0 Å². The van der Waals surface area contributed by atoms with Gasteiger partial charge in [0.25, 0.3) is 10.0 Å². The molecule has 3 N–H and O–H groups in total. The van der Waals surface area contributed by atoms with E-state index in [0.717, 1.165) is 0 Å². The lowest BCUT2D eigenvalue weighted by Crippen LogP contribution is -2.16. The molecule has 1 aromatic heterocycles. The van der Waals surface area contributed by atoms with Crippen LogP contribution < -0.4 is 15.4 Å². The van der Waals surface area contributed by atoms with Crippen molar-refractivity contribution < 1.29 is 26.4 Å². The van der Waals surface area contributed by atoms with Crippen molar-refractivity contribution in [2.75, 3.05) is 15.4 Å². The average molecular weight is 520 g/mol. The topological polar surface area (TPSA) is 113 Å². The molecule has 36 heavy (non-hydrogen) atoms. The molecule has 190 valence electrons. The summed E-state index contributed by atoms with van der Waals surface area (Å²) < 4.78 is 68.2. The largest absolute Gasteiger partial charge is 0.421 e. The van der Waals surface area contributed by atoms with Crippen LogP contribution in [0.5, 0.6) is 0 Å². The zero-order valence-corrected chi connectivity index (χ0v) is 20.7. The standard InChI is InChI=1S/C24H24F3N5O3S/c1-13(2)36(34,35)32-21-10-14(3)6-9-19(21)29-22-18(24(25,26)27)12-28-23(31-22)30-20-11-17(16(5)33)8-7-15(20)4/h6-12,32H,1H2,2-5H3,(H2,28,29,30,31). The minimum absolute atomic E-state index is 0.0178. The molecule has 0 aliphatic carbocycles. The van der Waals surface area contributed by atoms with E-state index in [1.54, 1.807) is 38.1 Å². The number of nitrogens with one attached hydrogen (secondary N) is 3. The number of alkyl halides is 3. The summed E-state index contributed by atoms with van der Waals surface area (Å²) >= 11 is 0. The van der Waals surface area contributed by atoms with Crippen molar-refractivity contribution in [3.63, 3.8) is 0 Å². The Bertz CT molecular complexity index is 1450. The van der Waals surface area contributed by atoms with Gasteiger partial charge in [-0.1, -0.05) is 24.8 Å². The van der Waals surface area contributed by atoms with Gasteiger partial charge in [-0.2, -0.15) is 18.2 Å². The highest BCUT2D eigenvalue weighted by atomic mass is 32.2. The van der Waals surface area contributed by atoms with Crippen molar-refractivity contribution in [3.05, 3.63) is 76.3 Å². The highest BCUT2D eigenvalue weighted by molar-refractivity contribution is 7.96. The van der Waals surface area contributed by atoms with Crippen molar-refractivity contribution in [2.45, 2.75) is 33.9 Å². The predicted octanol–water partition coefficient (Wildman–Crippen LogP) is 6.08. The molecule has 8 nitrogen and oxygen atoms in total. The normalized spacial score (nSPS) is 11.6. The summed E-state index contributed by atoms with van der Waals surface area (Å²) in [5.74, 6) is -0.941. The van der Waals surface area contributed by atoms with E-state index in [0.29, 0.717) is 28.6 Å². The Labute approximate surface area is 206 Å². The molecule has 3 aromatic rings. The molecular formula is C24H24F3N5O3S. The van der Waals surface area contributed by atoms with Gasteiger partial charge in [-0.25, -0.2) is 13.4 Å². The Hall–Kier alpha value is -3.93. The number of halogens is 3. The number of carbonyl (C=O) groups excluding carboxylic acids is 1. The van der Waals surface area contributed by atoms with Gasteiger partial charge in [-0.3, -0.25) is 9.52 Å². The number of benzene rings is 2. The number of Topliss-reactive ketones (excluding diaryl/α,β-unsaturated/α-hetero) is 1. The number of hydrogen-bond acceptors (Lipinski definition) is 7. The van der Waals surface area contributed by atoms with Crippen LogP contribution in [0.15, 0.2) is 54.1 Å². The molecule has 0 saturated heterocycles. The van der Waals surface area contributed by atoms with Crippen LogP contribution >= 0.6 is 0 Å². The van der Waals surface area contributed by atoms with Gasteiger partial charge in [0.05, 0.1) is 16.3 Å². The van der Waals surface area contributed by atoms with Crippen molar-refractivity contribution >= 4 is 44.6 Å². The quantitative estimate of drug-likeness (QED) is 0.309. The molecule has 2 aromatic carbocycles. The Kier molecular flexibility index (Phi) is 7.39. The number of hydrogen-bond donors (Lipinski definition) is 3. The first-order valence-corrected chi connectivity index (χ1v) is 12.0. The van der Waals surface area contributed by atoms with Gasteiger partial charge in [0.1, 0.15) is 11.4 Å². The Morgan fingerprint density at radius 3 is 2.28 bits per heavy atom. The minimum Gasteiger partial charge on any atom is -0.338 e. The van der Waals surface area contributed by atoms with E-state index in [2.05, 4.69) is 31.9 Å². The number of anilines is 5. The van der Waals surface area contributed by atoms with Gasteiger partial charge in [0.2, 0.25) is 5.95 Å². The fraction of sp³-hybridized carbons (Fsp3) is 0.208. The van der Waals surface area contributed by atoms with Gasteiger partial charge in [-0.05, 0) is 57.0 Å². The van der Waals surface area contributed by atoms with Crippen LogP contribution in [0.25, 0.3) is 0 Å². The third-order valence-corrected chi connectivity index (χ3v) is 6.52. The maximum atomic E-state index is 13.8. The van der Waals surface area contributed by atoms with Crippen LogP contribution in [0.3, 0.4) is 0 Å². The molecular weight excluding hydrogens is 495 g/mol. The molecule has 0 atom stereocenters. The number of allylic oxidation sites excluding steroid dienone is 1. The van der Waals surface area contributed by atoms with Crippen molar-refractivity contribution in [3.8, 4) is 0 Å². The van der Waals surface area contributed by atoms with Crippen molar-refractivity contribution in [1.29, 1.82) is 0 Å². The minimum atomic E-state index is -4.80. The first-order valence-electron chi connectivity index (χ1n) is 10.6. The summed E-state index contributed by atoms with van der Waals surface area (Å²) in [7, 11) is -3.97. The number of aryl methyl sites for hydroxylation is 2. The van der Waals surface area contributed by atoms with E-state index in [9.17, 15) is 26.4 Å². The second-order valence-corrected chi connectivity index (χ2v) is 10.1. The average Bonchev–Trinajstić information content (AvgIpc) is 2.76. The molecule has 0 fully saturated rings. The molecule has 0 unspecified atom stereocenters. The fourth-order valence-corrected chi connectivity index (χ4v) is 3.68. The molecule has 0 aliphatic heterocycles. The maximum absolute atomic E-state index is 13.8. The highest BCUT2D eigenvalue weighted by Crippen LogP contribution is 2.37. The number of sulfonamides is 1. The summed E-state index contributed by atoms with van der Waals surface area (Å²) in [5, 5.41) is 5.43. The lowest BCUT2D eigenvalue weighted by Gasteiger charge is -2.18. The number of carbonyl (C=O) groups is 1. The molecule has 0 aliphatic rings. The molecule has 0 radical (unpaired) electrons. The molecule has 0 bridgehead atoms. The second kappa shape index (κ2) is 9.97. The summed E-state index contributed by atoms with van der Waals surface area (Å²) in [4.78, 5) is 19.4. The first-order chi connectivity index (χ1) is 16.7. The molecule has 12 heteroatoms. The maximum Gasteiger partial charge on any atom is 0.421 e. The van der Waals surface area contributed by atoms with Crippen LogP contribution in [0.2, 0.25) is 0 Å². The molecule has 1 heterocycles. The van der Waals surface area contributed by atoms with Gasteiger partial charge in [0.15, 0.2) is 5.78 Å². The summed E-state index contributed by atoms with van der Waals surface area (Å²) in [6.07, 6.45) is -4.18. The van der Waals surface area contributed by atoms with E-state index in [-0.39, 0.29) is 28.0 Å². The second-order valence-electron chi connectivity index (χ2n) is 8.15. The summed E-state index contributed by atoms with van der Waals surface area (Å²) in [5.41, 5.74) is 1.13. The SMILES string of the molecule is C=C(C)S(=O)(=O)Nc1cc(C)ccc1Nc1nc(Nc2cc(C(C)=O)ccc2C)ncc1C(F)(F)F. The van der Waals surface area contributed by atoms with Gasteiger partial charge < -0.3 is 10.6 Å². The van der Waals surface area contributed by atoms with Gasteiger partial charge in [0, 0.05) is 17.4 Å². The molecule has 0 amide bonds. The van der Waals surface area contributed by atoms with E-state index in [1.807, 2.05) is 0 Å². The third kappa shape index (κ3) is 6.19. The highest BCUT2D eigenvalue weighted by Gasteiger charge is 2.35. The lowest BCUT2D eigenvalue weighted by atomic mass is 10.1. The molecule has 3 rings (SSSR count). The van der Waals surface area contributed by atoms with E-state index < -0.39 is 27.6 Å². The fourth-order valence-electron chi connectivity index (χ4n) is 3.05. The number of aromatic nitrogens is 2. The molecule has 0 spiro atoms. The predicted molar refractivity (Wildman–Crippen MR) is 133 cm³/mol. The smallest absolute Gasteiger partial charge is 0.338 e. The summed E-state index contributed by atoms with van der Waals surface area (Å²) in [6.45, 7) is 9.55. The monoisotopic (exact) mass is 519 g/mol. The zero-order valence-electron chi connectivity index (χ0n) is 19.9.